The summed E-state index contributed by atoms with van der Waals surface area (Å²) in [5.74, 6) is 1.14. The number of ether oxygens (including phenoxy) is 2. The van der Waals surface area contributed by atoms with Crippen molar-refractivity contribution in [3.05, 3.63) is 71.1 Å². The van der Waals surface area contributed by atoms with Crippen LogP contribution in [0.2, 0.25) is 5.02 Å². The van der Waals surface area contributed by atoms with Crippen molar-refractivity contribution in [2.24, 2.45) is 0 Å². The average Bonchev–Trinajstić information content (AvgIpc) is 3.03. The smallest absolute Gasteiger partial charge is 0.350 e. The van der Waals surface area contributed by atoms with Crippen LogP contribution in [0, 0.1) is 6.92 Å². The van der Waals surface area contributed by atoms with Crippen LogP contribution in [0.25, 0.3) is 11.5 Å². The van der Waals surface area contributed by atoms with E-state index >= 15 is 0 Å². The van der Waals surface area contributed by atoms with E-state index in [0.29, 0.717) is 28.1 Å². The molecule has 0 radical (unpaired) electrons. The highest BCUT2D eigenvalue weighted by Crippen LogP contribution is 2.24. The van der Waals surface area contributed by atoms with Gasteiger partial charge in [0.15, 0.2) is 5.60 Å². The standard InChI is InChI=1S/C21H20ClNO4/c1-14-18(23-19(26-14)15-7-5-4-6-8-15)13-25-20(24)21(2,3)27-17-11-9-16(22)10-12-17/h4-12H,13H2,1-3H3. The predicted molar refractivity (Wildman–Crippen MR) is 103 cm³/mol. The topological polar surface area (TPSA) is 61.6 Å². The predicted octanol–water partition coefficient (Wildman–Crippen LogP) is 5.20. The van der Waals surface area contributed by atoms with Gasteiger partial charge in [-0.25, -0.2) is 9.78 Å². The molecule has 140 valence electrons. The molecule has 0 spiro atoms. The first-order valence-electron chi connectivity index (χ1n) is 8.49. The normalized spacial score (nSPS) is 11.3. The fraction of sp³-hybridized carbons (Fsp3) is 0.238. The molecule has 2 aromatic carbocycles. The number of halogens is 1. The molecule has 6 heteroatoms. The number of hydrogen-bond donors (Lipinski definition) is 0. The van der Waals surface area contributed by atoms with E-state index in [-0.39, 0.29) is 6.61 Å². The lowest BCUT2D eigenvalue weighted by Gasteiger charge is -2.24. The fourth-order valence-electron chi connectivity index (χ4n) is 2.41. The van der Waals surface area contributed by atoms with E-state index in [1.807, 2.05) is 30.3 Å². The third-order valence-electron chi connectivity index (χ3n) is 3.93. The molecular weight excluding hydrogens is 366 g/mol. The van der Waals surface area contributed by atoms with Gasteiger partial charge < -0.3 is 13.9 Å². The highest BCUT2D eigenvalue weighted by Gasteiger charge is 2.32. The molecule has 5 nitrogen and oxygen atoms in total. The number of carbonyl (C=O) groups is 1. The lowest BCUT2D eigenvalue weighted by Crippen LogP contribution is -2.39. The third-order valence-corrected chi connectivity index (χ3v) is 4.18. The number of esters is 1. The highest BCUT2D eigenvalue weighted by atomic mass is 35.5. The second kappa shape index (κ2) is 7.84. The monoisotopic (exact) mass is 385 g/mol. The van der Waals surface area contributed by atoms with Crippen molar-refractivity contribution < 1.29 is 18.7 Å². The number of benzene rings is 2. The molecule has 3 rings (SSSR count). The first kappa shape index (κ1) is 19.0. The largest absolute Gasteiger partial charge is 0.476 e. The van der Waals surface area contributed by atoms with Crippen molar-refractivity contribution in [1.82, 2.24) is 4.98 Å². The Balaban J connectivity index is 1.64. The van der Waals surface area contributed by atoms with Gasteiger partial charge >= 0.3 is 5.97 Å². The Labute approximate surface area is 162 Å². The summed E-state index contributed by atoms with van der Waals surface area (Å²) in [6.07, 6.45) is 0. The number of aryl methyl sites for hydroxylation is 1. The quantitative estimate of drug-likeness (QED) is 0.545. The summed E-state index contributed by atoms with van der Waals surface area (Å²) in [5, 5.41) is 0.596. The maximum absolute atomic E-state index is 12.5. The summed E-state index contributed by atoms with van der Waals surface area (Å²) in [7, 11) is 0. The molecule has 1 heterocycles. The van der Waals surface area contributed by atoms with E-state index in [0.717, 1.165) is 5.56 Å². The molecule has 1 aromatic heterocycles. The molecule has 0 aliphatic carbocycles. The maximum atomic E-state index is 12.5. The first-order chi connectivity index (χ1) is 12.8. The summed E-state index contributed by atoms with van der Waals surface area (Å²) in [5.41, 5.74) is 0.280. The summed E-state index contributed by atoms with van der Waals surface area (Å²) in [6, 6.07) is 16.3. The minimum atomic E-state index is -1.16. The Hall–Kier alpha value is -2.79. The van der Waals surface area contributed by atoms with Crippen LogP contribution >= 0.6 is 11.6 Å². The molecule has 0 N–H and O–H groups in total. The number of rotatable bonds is 6. The van der Waals surface area contributed by atoms with E-state index in [1.165, 1.54) is 0 Å². The Bertz CT molecular complexity index is 917. The van der Waals surface area contributed by atoms with E-state index in [2.05, 4.69) is 4.98 Å². The van der Waals surface area contributed by atoms with Crippen LogP contribution in [0.4, 0.5) is 0 Å². The van der Waals surface area contributed by atoms with Crippen LogP contribution in [-0.4, -0.2) is 16.6 Å². The van der Waals surface area contributed by atoms with Gasteiger partial charge in [-0.1, -0.05) is 29.8 Å². The average molecular weight is 386 g/mol. The highest BCUT2D eigenvalue weighted by molar-refractivity contribution is 6.30. The van der Waals surface area contributed by atoms with Crippen LogP contribution in [0.15, 0.2) is 59.0 Å². The molecule has 0 fully saturated rings. The van der Waals surface area contributed by atoms with Gasteiger partial charge in [-0.05, 0) is 57.2 Å². The zero-order valence-electron chi connectivity index (χ0n) is 15.4. The summed E-state index contributed by atoms with van der Waals surface area (Å²) in [6.45, 7) is 5.09. The number of hydrogen-bond acceptors (Lipinski definition) is 5. The second-order valence-electron chi connectivity index (χ2n) is 6.53. The fourth-order valence-corrected chi connectivity index (χ4v) is 2.54. The number of aromatic nitrogens is 1. The van der Waals surface area contributed by atoms with Crippen LogP contribution in [0.5, 0.6) is 5.75 Å². The van der Waals surface area contributed by atoms with Crippen LogP contribution in [-0.2, 0) is 16.1 Å². The first-order valence-corrected chi connectivity index (χ1v) is 8.86. The molecule has 0 unspecified atom stereocenters. The van der Waals surface area contributed by atoms with Crippen molar-refractivity contribution in [3.63, 3.8) is 0 Å². The van der Waals surface area contributed by atoms with Crippen molar-refractivity contribution in [1.29, 1.82) is 0 Å². The van der Waals surface area contributed by atoms with Gasteiger partial charge in [0, 0.05) is 10.6 Å². The molecule has 0 aliphatic heterocycles. The van der Waals surface area contributed by atoms with E-state index in [9.17, 15) is 4.79 Å². The van der Waals surface area contributed by atoms with Crippen molar-refractivity contribution >= 4 is 17.6 Å². The second-order valence-corrected chi connectivity index (χ2v) is 6.97. The van der Waals surface area contributed by atoms with Gasteiger partial charge in [-0.2, -0.15) is 0 Å². The van der Waals surface area contributed by atoms with Gasteiger partial charge in [0.2, 0.25) is 5.89 Å². The molecule has 0 amide bonds. The van der Waals surface area contributed by atoms with E-state index < -0.39 is 11.6 Å². The number of nitrogens with zero attached hydrogens (tertiary/aromatic N) is 1. The molecular formula is C21H20ClNO4. The van der Waals surface area contributed by atoms with Gasteiger partial charge in [0.05, 0.1) is 0 Å². The van der Waals surface area contributed by atoms with Crippen molar-refractivity contribution in [2.75, 3.05) is 0 Å². The summed E-state index contributed by atoms with van der Waals surface area (Å²) >= 11 is 5.86. The molecule has 3 aromatic rings. The molecule has 0 saturated heterocycles. The molecule has 0 bridgehead atoms. The zero-order valence-corrected chi connectivity index (χ0v) is 16.1. The SMILES string of the molecule is Cc1oc(-c2ccccc2)nc1COC(=O)C(C)(C)Oc1ccc(Cl)cc1. The number of carbonyl (C=O) groups excluding carboxylic acids is 1. The maximum Gasteiger partial charge on any atom is 0.350 e. The summed E-state index contributed by atoms with van der Waals surface area (Å²) < 4.78 is 16.8. The van der Waals surface area contributed by atoms with Crippen LogP contribution < -0.4 is 4.74 Å². The molecule has 0 aliphatic rings. The minimum Gasteiger partial charge on any atom is -0.476 e. The Morgan fingerprint density at radius 1 is 1.11 bits per heavy atom. The lowest BCUT2D eigenvalue weighted by molar-refractivity contribution is -0.160. The Morgan fingerprint density at radius 3 is 2.44 bits per heavy atom. The Morgan fingerprint density at radius 2 is 1.78 bits per heavy atom. The third kappa shape index (κ3) is 4.68. The van der Waals surface area contributed by atoms with E-state index in [4.69, 9.17) is 25.5 Å². The molecule has 0 saturated carbocycles. The van der Waals surface area contributed by atoms with Crippen LogP contribution in [0.1, 0.15) is 25.3 Å². The summed E-state index contributed by atoms with van der Waals surface area (Å²) in [4.78, 5) is 16.9. The van der Waals surface area contributed by atoms with Gasteiger partial charge in [0.25, 0.3) is 0 Å². The minimum absolute atomic E-state index is 0.00834. The van der Waals surface area contributed by atoms with E-state index in [1.54, 1.807) is 45.0 Å². The van der Waals surface area contributed by atoms with Gasteiger partial charge in [-0.15, -0.1) is 0 Å². The molecule has 27 heavy (non-hydrogen) atoms. The van der Waals surface area contributed by atoms with Crippen molar-refractivity contribution in [3.8, 4) is 17.2 Å². The zero-order chi connectivity index (χ0) is 19.4. The van der Waals surface area contributed by atoms with Gasteiger partial charge in [-0.3, -0.25) is 0 Å². The van der Waals surface area contributed by atoms with Crippen LogP contribution in [0.3, 0.4) is 0 Å². The number of oxazole rings is 1. The Kier molecular flexibility index (Phi) is 5.51. The lowest BCUT2D eigenvalue weighted by atomic mass is 10.1. The van der Waals surface area contributed by atoms with Gasteiger partial charge in [0.1, 0.15) is 23.8 Å². The molecule has 0 atom stereocenters. The van der Waals surface area contributed by atoms with Crippen molar-refractivity contribution in [2.45, 2.75) is 33.0 Å².